The van der Waals surface area contributed by atoms with Crippen LogP contribution in [0.5, 0.6) is 5.75 Å². The van der Waals surface area contributed by atoms with Gasteiger partial charge in [-0.25, -0.2) is 4.79 Å². The van der Waals surface area contributed by atoms with E-state index in [4.69, 9.17) is 14.2 Å². The van der Waals surface area contributed by atoms with Gasteiger partial charge in [-0.3, -0.25) is 9.78 Å². The number of likely N-dealkylation sites (N-methyl/N-ethyl adjacent to an activating group) is 1. The van der Waals surface area contributed by atoms with Crippen LogP contribution in [0.1, 0.15) is 44.1 Å². The molecule has 0 saturated carbocycles. The second-order valence-corrected chi connectivity index (χ2v) is 10.7. The Balaban J connectivity index is 1.60. The van der Waals surface area contributed by atoms with Gasteiger partial charge in [-0.05, 0) is 63.9 Å². The molecule has 2 aromatic rings. The Hall–Kier alpha value is -3.17. The highest BCUT2D eigenvalue weighted by Gasteiger charge is 2.41. The van der Waals surface area contributed by atoms with Crippen molar-refractivity contribution in [3.63, 3.8) is 0 Å². The van der Waals surface area contributed by atoms with E-state index in [1.807, 2.05) is 51.1 Å². The fourth-order valence-electron chi connectivity index (χ4n) is 4.79. The number of morpholine rings is 1. The monoisotopic (exact) mass is 510 g/mol. The first-order valence-corrected chi connectivity index (χ1v) is 12.9. The van der Waals surface area contributed by atoms with E-state index in [-0.39, 0.29) is 12.0 Å². The smallest absolute Gasteiger partial charge is 0.410 e. The lowest BCUT2D eigenvalue weighted by Gasteiger charge is -2.44. The van der Waals surface area contributed by atoms with Crippen molar-refractivity contribution in [1.82, 2.24) is 20.1 Å². The quantitative estimate of drug-likeness (QED) is 0.579. The Labute approximate surface area is 219 Å². The number of para-hydroxylation sites is 1. The van der Waals surface area contributed by atoms with Crippen LogP contribution in [0.15, 0.2) is 42.6 Å². The predicted molar refractivity (Wildman–Crippen MR) is 141 cm³/mol. The van der Waals surface area contributed by atoms with Crippen LogP contribution in [0, 0.1) is 0 Å². The molecule has 2 aliphatic rings. The van der Waals surface area contributed by atoms with Crippen LogP contribution in [-0.2, 0) is 9.47 Å². The number of nitrogens with one attached hydrogen (secondary N) is 1. The number of hydrogen-bond acceptors (Lipinski definition) is 7. The van der Waals surface area contributed by atoms with Crippen LogP contribution in [0.2, 0.25) is 0 Å². The lowest BCUT2D eigenvalue weighted by atomic mass is 9.94. The number of fused-ring (bicyclic) bond motifs is 4. The molecule has 2 aliphatic heterocycles. The molecule has 9 heteroatoms. The van der Waals surface area contributed by atoms with E-state index < -0.39 is 11.2 Å². The molecule has 1 unspecified atom stereocenters. The molecule has 0 radical (unpaired) electrons. The van der Waals surface area contributed by atoms with Gasteiger partial charge in [-0.1, -0.05) is 18.2 Å². The summed E-state index contributed by atoms with van der Waals surface area (Å²) in [6.45, 7) is 9.07. The van der Waals surface area contributed by atoms with Crippen molar-refractivity contribution >= 4 is 12.0 Å². The number of nitrogens with zero attached hydrogens (tertiary/aromatic N) is 3. The van der Waals surface area contributed by atoms with Crippen LogP contribution in [0.4, 0.5) is 4.79 Å². The molecule has 1 aromatic carbocycles. The number of pyridine rings is 1. The van der Waals surface area contributed by atoms with Crippen LogP contribution in [0.25, 0.3) is 11.1 Å². The third-order valence-electron chi connectivity index (χ3n) is 6.47. The predicted octanol–water partition coefficient (Wildman–Crippen LogP) is 3.59. The average molecular weight is 511 g/mol. The van der Waals surface area contributed by atoms with Gasteiger partial charge < -0.3 is 29.3 Å². The molecule has 37 heavy (non-hydrogen) atoms. The molecule has 1 saturated heterocycles. The average Bonchev–Trinajstić information content (AvgIpc) is 2.86. The summed E-state index contributed by atoms with van der Waals surface area (Å²) in [5.41, 5.74) is 0.824. The number of aromatic nitrogens is 1. The van der Waals surface area contributed by atoms with Crippen molar-refractivity contribution in [3.05, 3.63) is 48.3 Å². The summed E-state index contributed by atoms with van der Waals surface area (Å²) in [5, 5.41) is 3.43. The van der Waals surface area contributed by atoms with Gasteiger partial charge in [0.05, 0.1) is 19.7 Å². The molecule has 1 spiro atoms. The van der Waals surface area contributed by atoms with Gasteiger partial charge >= 0.3 is 6.09 Å². The van der Waals surface area contributed by atoms with Gasteiger partial charge in [0.1, 0.15) is 29.3 Å². The first kappa shape index (κ1) is 26.9. The molecule has 2 amide bonds. The van der Waals surface area contributed by atoms with E-state index in [2.05, 4.69) is 10.3 Å². The van der Waals surface area contributed by atoms with Gasteiger partial charge in [0.2, 0.25) is 0 Å². The Kier molecular flexibility index (Phi) is 8.34. The summed E-state index contributed by atoms with van der Waals surface area (Å²) in [5.74, 6) is 0.564. The Morgan fingerprint density at radius 2 is 1.95 bits per heavy atom. The molecule has 2 bridgehead atoms. The largest absolute Gasteiger partial charge is 0.492 e. The van der Waals surface area contributed by atoms with Crippen LogP contribution >= 0.6 is 0 Å². The van der Waals surface area contributed by atoms with Gasteiger partial charge in [-0.15, -0.1) is 0 Å². The summed E-state index contributed by atoms with van der Waals surface area (Å²) in [6, 6.07) is 11.5. The molecule has 1 fully saturated rings. The third-order valence-corrected chi connectivity index (χ3v) is 6.47. The normalized spacial score (nSPS) is 21.8. The van der Waals surface area contributed by atoms with E-state index in [0.29, 0.717) is 51.5 Å². The minimum atomic E-state index is -0.709. The number of amides is 2. The van der Waals surface area contributed by atoms with E-state index in [1.165, 1.54) is 0 Å². The zero-order chi connectivity index (χ0) is 26.5. The molecule has 9 nitrogen and oxygen atoms in total. The minimum absolute atomic E-state index is 0.206. The highest BCUT2D eigenvalue weighted by atomic mass is 16.6. The van der Waals surface area contributed by atoms with Gasteiger partial charge in [0, 0.05) is 31.9 Å². The number of carbonyl (C=O) groups excluding carboxylic acids is 2. The minimum Gasteiger partial charge on any atom is -0.492 e. The van der Waals surface area contributed by atoms with Gasteiger partial charge in [0.25, 0.3) is 5.91 Å². The fourth-order valence-corrected chi connectivity index (χ4v) is 4.79. The molecular weight excluding hydrogens is 472 g/mol. The molecule has 4 rings (SSSR count). The molecule has 1 atom stereocenters. The molecule has 3 heterocycles. The summed E-state index contributed by atoms with van der Waals surface area (Å²) in [6.07, 6.45) is 2.78. The van der Waals surface area contributed by atoms with Crippen molar-refractivity contribution in [3.8, 4) is 16.9 Å². The maximum absolute atomic E-state index is 13.5. The lowest BCUT2D eigenvalue weighted by Crippen LogP contribution is -2.59. The second-order valence-electron chi connectivity index (χ2n) is 10.7. The number of hydrogen-bond donors (Lipinski definition) is 1. The van der Waals surface area contributed by atoms with Crippen molar-refractivity contribution < 1.29 is 23.8 Å². The summed E-state index contributed by atoms with van der Waals surface area (Å²) in [7, 11) is 1.76. The maximum atomic E-state index is 13.5. The summed E-state index contributed by atoms with van der Waals surface area (Å²) >= 11 is 0. The van der Waals surface area contributed by atoms with Crippen molar-refractivity contribution in [2.75, 3.05) is 53.0 Å². The first-order chi connectivity index (χ1) is 17.7. The zero-order valence-corrected chi connectivity index (χ0v) is 22.3. The van der Waals surface area contributed by atoms with Crippen molar-refractivity contribution in [2.24, 2.45) is 0 Å². The topological polar surface area (TPSA) is 93.2 Å². The van der Waals surface area contributed by atoms with Gasteiger partial charge in [0.15, 0.2) is 0 Å². The van der Waals surface area contributed by atoms with Crippen molar-refractivity contribution in [2.45, 2.75) is 44.8 Å². The van der Waals surface area contributed by atoms with Crippen molar-refractivity contribution in [1.29, 1.82) is 0 Å². The summed E-state index contributed by atoms with van der Waals surface area (Å²) < 4.78 is 18.0. The lowest BCUT2D eigenvalue weighted by molar-refractivity contribution is -0.120. The first-order valence-electron chi connectivity index (χ1n) is 12.9. The van der Waals surface area contributed by atoms with E-state index >= 15 is 0 Å². The Morgan fingerprint density at radius 3 is 2.76 bits per heavy atom. The van der Waals surface area contributed by atoms with E-state index in [1.54, 1.807) is 29.1 Å². The fraction of sp³-hybridized carbons (Fsp3) is 0.536. The zero-order valence-electron chi connectivity index (χ0n) is 22.3. The Morgan fingerprint density at radius 1 is 1.14 bits per heavy atom. The van der Waals surface area contributed by atoms with E-state index in [0.717, 1.165) is 29.8 Å². The van der Waals surface area contributed by atoms with Crippen LogP contribution in [-0.4, -0.2) is 91.0 Å². The molecule has 0 aliphatic carbocycles. The standard InChI is InChI=1S/C28H38N4O5/c1-27(2,3)37-26(34)32-15-17-36-28(20-32)11-7-12-29-14-16-35-24-9-6-5-8-22(24)21-10-13-30-23(18-21)25(33)31(4)19-28/h5-6,8-10,13,18,29H,7,11-12,14-17,19-20H2,1-4H3. The molecule has 1 aromatic heterocycles. The number of benzene rings is 1. The molecular formula is C28H38N4O5. The van der Waals surface area contributed by atoms with Crippen LogP contribution < -0.4 is 10.1 Å². The summed E-state index contributed by atoms with van der Waals surface area (Å²) in [4.78, 5) is 34.1. The van der Waals surface area contributed by atoms with Crippen LogP contribution in [0.3, 0.4) is 0 Å². The number of rotatable bonds is 0. The highest BCUT2D eigenvalue weighted by Crippen LogP contribution is 2.31. The van der Waals surface area contributed by atoms with E-state index in [9.17, 15) is 9.59 Å². The number of ether oxygens (including phenoxy) is 3. The highest BCUT2D eigenvalue weighted by molar-refractivity contribution is 5.93. The Bertz CT molecular complexity index is 1100. The molecule has 1 N–H and O–H groups in total. The second kappa shape index (κ2) is 11.5. The SMILES string of the molecule is CN1CC2(CCCNCCOc3ccccc3-c3ccnc(c3)C1=O)CN(C(=O)OC(C)(C)C)CCO2. The third kappa shape index (κ3) is 6.99. The maximum Gasteiger partial charge on any atom is 0.410 e. The number of carbonyl (C=O) groups is 2. The molecule has 200 valence electrons. The van der Waals surface area contributed by atoms with Gasteiger partial charge in [-0.2, -0.15) is 0 Å².